The van der Waals surface area contributed by atoms with Gasteiger partial charge in [-0.25, -0.2) is 8.42 Å². The van der Waals surface area contributed by atoms with E-state index < -0.39 is 15.3 Å². The van der Waals surface area contributed by atoms with E-state index in [0.717, 1.165) is 5.56 Å². The van der Waals surface area contributed by atoms with Crippen LogP contribution in [0.15, 0.2) is 42.5 Å². The smallest absolute Gasteiger partial charge is 0.235 e. The Bertz CT molecular complexity index is 825. The molecule has 5 nitrogen and oxygen atoms in total. The van der Waals surface area contributed by atoms with Crippen LogP contribution in [0.2, 0.25) is 0 Å². The van der Waals surface area contributed by atoms with Gasteiger partial charge in [-0.3, -0.25) is 9.52 Å². The van der Waals surface area contributed by atoms with E-state index in [9.17, 15) is 13.2 Å². The quantitative estimate of drug-likeness (QED) is 0.651. The normalized spacial score (nSPS) is 11.5. The highest BCUT2D eigenvalue weighted by molar-refractivity contribution is 7.93. The lowest BCUT2D eigenvalue weighted by Crippen LogP contribution is -2.23. The van der Waals surface area contributed by atoms with Gasteiger partial charge in [0.2, 0.25) is 10.0 Å². The molecule has 0 atom stereocenters. The first-order chi connectivity index (χ1) is 10.7. The average Bonchev–Trinajstić information content (AvgIpc) is 2.49. The van der Waals surface area contributed by atoms with Crippen LogP contribution in [0.5, 0.6) is 0 Å². The molecule has 0 aromatic heterocycles. The molecule has 0 radical (unpaired) electrons. The van der Waals surface area contributed by atoms with E-state index in [0.29, 0.717) is 11.1 Å². The topological polar surface area (TPSA) is 89.3 Å². The SMILES string of the molecule is Cc1ccc(C(=O)c2ccc(N)c(NS(=O)(=O)C(C)C)c2)cc1. The molecule has 0 saturated heterocycles. The van der Waals surface area contributed by atoms with E-state index in [2.05, 4.69) is 4.72 Å². The lowest BCUT2D eigenvalue weighted by Gasteiger charge is -2.13. The number of aryl methyl sites for hydroxylation is 1. The summed E-state index contributed by atoms with van der Waals surface area (Å²) in [5.41, 5.74) is 8.29. The van der Waals surface area contributed by atoms with Gasteiger partial charge in [-0.2, -0.15) is 0 Å². The second kappa shape index (κ2) is 6.42. The van der Waals surface area contributed by atoms with Gasteiger partial charge in [0, 0.05) is 11.1 Å². The molecule has 0 aliphatic rings. The molecule has 122 valence electrons. The Morgan fingerprint density at radius 3 is 2.17 bits per heavy atom. The van der Waals surface area contributed by atoms with Gasteiger partial charge in [0.25, 0.3) is 0 Å². The van der Waals surface area contributed by atoms with E-state index in [1.165, 1.54) is 12.1 Å². The van der Waals surface area contributed by atoms with Crippen LogP contribution >= 0.6 is 0 Å². The Labute approximate surface area is 136 Å². The molecular weight excluding hydrogens is 312 g/mol. The van der Waals surface area contributed by atoms with E-state index in [1.54, 1.807) is 32.0 Å². The van der Waals surface area contributed by atoms with Crippen LogP contribution in [0.25, 0.3) is 0 Å². The van der Waals surface area contributed by atoms with Gasteiger partial charge in [-0.05, 0) is 39.0 Å². The Balaban J connectivity index is 2.37. The van der Waals surface area contributed by atoms with Gasteiger partial charge in [0.1, 0.15) is 0 Å². The lowest BCUT2D eigenvalue weighted by molar-refractivity contribution is 0.103. The van der Waals surface area contributed by atoms with Crippen molar-refractivity contribution in [2.75, 3.05) is 10.5 Å². The molecule has 0 aliphatic heterocycles. The van der Waals surface area contributed by atoms with E-state index in [4.69, 9.17) is 5.73 Å². The largest absolute Gasteiger partial charge is 0.397 e. The Morgan fingerprint density at radius 1 is 1.04 bits per heavy atom. The number of carbonyl (C=O) groups excluding carboxylic acids is 1. The van der Waals surface area contributed by atoms with Gasteiger partial charge in [-0.1, -0.05) is 29.8 Å². The number of benzene rings is 2. The Kier molecular flexibility index (Phi) is 4.75. The third-order valence-corrected chi connectivity index (χ3v) is 5.25. The van der Waals surface area contributed by atoms with Gasteiger partial charge in [0.15, 0.2) is 5.78 Å². The molecule has 0 aliphatic carbocycles. The molecule has 3 N–H and O–H groups in total. The van der Waals surface area contributed by atoms with Crippen molar-refractivity contribution in [3.63, 3.8) is 0 Å². The number of carbonyl (C=O) groups is 1. The third kappa shape index (κ3) is 3.90. The van der Waals surface area contributed by atoms with Gasteiger partial charge in [-0.15, -0.1) is 0 Å². The maximum atomic E-state index is 12.5. The molecule has 2 rings (SSSR count). The summed E-state index contributed by atoms with van der Waals surface area (Å²) in [7, 11) is -3.53. The zero-order valence-corrected chi connectivity index (χ0v) is 14.1. The number of ketones is 1. The molecule has 0 amide bonds. The molecule has 0 heterocycles. The summed E-state index contributed by atoms with van der Waals surface area (Å²) in [6.07, 6.45) is 0. The number of nitrogens with two attached hydrogens (primary N) is 1. The maximum Gasteiger partial charge on any atom is 0.235 e. The summed E-state index contributed by atoms with van der Waals surface area (Å²) < 4.78 is 26.4. The zero-order valence-electron chi connectivity index (χ0n) is 13.3. The van der Waals surface area contributed by atoms with Crippen LogP contribution in [0.3, 0.4) is 0 Å². The number of hydrogen-bond donors (Lipinski definition) is 2. The monoisotopic (exact) mass is 332 g/mol. The zero-order chi connectivity index (χ0) is 17.2. The molecule has 23 heavy (non-hydrogen) atoms. The molecule has 2 aromatic rings. The van der Waals surface area contributed by atoms with Crippen LogP contribution < -0.4 is 10.5 Å². The van der Waals surface area contributed by atoms with Gasteiger partial charge in [0.05, 0.1) is 16.6 Å². The van der Waals surface area contributed by atoms with Crippen LogP contribution in [0.1, 0.15) is 35.3 Å². The van der Waals surface area contributed by atoms with Crippen LogP contribution in [0.4, 0.5) is 11.4 Å². The van der Waals surface area contributed by atoms with E-state index in [-0.39, 0.29) is 17.2 Å². The van der Waals surface area contributed by atoms with Crippen molar-refractivity contribution in [2.45, 2.75) is 26.0 Å². The molecule has 0 fully saturated rings. The summed E-state index contributed by atoms with van der Waals surface area (Å²) in [6.45, 7) is 5.08. The summed E-state index contributed by atoms with van der Waals surface area (Å²) in [6, 6.07) is 11.8. The third-order valence-electron chi connectivity index (χ3n) is 3.50. The molecule has 0 unspecified atom stereocenters. The first-order valence-corrected chi connectivity index (χ1v) is 8.78. The van der Waals surface area contributed by atoms with Crippen molar-refractivity contribution in [1.29, 1.82) is 0 Å². The van der Waals surface area contributed by atoms with Crippen molar-refractivity contribution >= 4 is 27.2 Å². The second-order valence-electron chi connectivity index (χ2n) is 5.69. The predicted octanol–water partition coefficient (Wildman–Crippen LogP) is 2.96. The van der Waals surface area contributed by atoms with Crippen molar-refractivity contribution in [3.8, 4) is 0 Å². The highest BCUT2D eigenvalue weighted by Crippen LogP contribution is 2.24. The molecule has 0 bridgehead atoms. The fraction of sp³-hybridized carbons (Fsp3) is 0.235. The van der Waals surface area contributed by atoms with E-state index >= 15 is 0 Å². The second-order valence-corrected chi connectivity index (χ2v) is 7.93. The van der Waals surface area contributed by atoms with Crippen molar-refractivity contribution in [1.82, 2.24) is 0 Å². The minimum absolute atomic E-state index is 0.185. The highest BCUT2D eigenvalue weighted by Gasteiger charge is 2.18. The fourth-order valence-corrected chi connectivity index (χ4v) is 2.65. The lowest BCUT2D eigenvalue weighted by atomic mass is 10.0. The highest BCUT2D eigenvalue weighted by atomic mass is 32.2. The van der Waals surface area contributed by atoms with Gasteiger partial charge >= 0.3 is 0 Å². The van der Waals surface area contributed by atoms with Crippen molar-refractivity contribution in [2.24, 2.45) is 0 Å². The summed E-state index contributed by atoms with van der Waals surface area (Å²) in [4.78, 5) is 12.5. The first kappa shape index (κ1) is 17.0. The van der Waals surface area contributed by atoms with Crippen LogP contribution in [-0.2, 0) is 10.0 Å². The fourth-order valence-electron chi connectivity index (χ4n) is 1.93. The number of anilines is 2. The van der Waals surface area contributed by atoms with Crippen molar-refractivity contribution < 1.29 is 13.2 Å². The summed E-state index contributed by atoms with van der Waals surface area (Å²) >= 11 is 0. The summed E-state index contributed by atoms with van der Waals surface area (Å²) in [5.74, 6) is -0.185. The number of rotatable bonds is 5. The number of hydrogen-bond acceptors (Lipinski definition) is 4. The predicted molar refractivity (Wildman–Crippen MR) is 93.1 cm³/mol. The molecule has 2 aromatic carbocycles. The minimum Gasteiger partial charge on any atom is -0.397 e. The molecule has 0 saturated carbocycles. The first-order valence-electron chi connectivity index (χ1n) is 7.23. The standard InChI is InChI=1S/C17H20N2O3S/c1-11(2)23(21,22)19-16-10-14(8-9-15(16)18)17(20)13-6-4-12(3)5-7-13/h4-11,19H,18H2,1-3H3. The number of nitrogens with one attached hydrogen (secondary N) is 1. The minimum atomic E-state index is -3.53. The number of nitrogen functional groups attached to an aromatic ring is 1. The van der Waals surface area contributed by atoms with E-state index in [1.807, 2.05) is 19.1 Å². The maximum absolute atomic E-state index is 12.5. The van der Waals surface area contributed by atoms with Crippen LogP contribution in [0, 0.1) is 6.92 Å². The number of sulfonamides is 1. The van der Waals surface area contributed by atoms with Crippen molar-refractivity contribution in [3.05, 3.63) is 59.2 Å². The molecule has 6 heteroatoms. The Hall–Kier alpha value is -2.34. The summed E-state index contributed by atoms with van der Waals surface area (Å²) in [5, 5.41) is -0.599. The average molecular weight is 332 g/mol. The van der Waals surface area contributed by atoms with Gasteiger partial charge < -0.3 is 5.73 Å². The molecular formula is C17H20N2O3S. The van der Waals surface area contributed by atoms with Crippen LogP contribution in [-0.4, -0.2) is 19.5 Å². The molecule has 0 spiro atoms. The Morgan fingerprint density at radius 2 is 1.61 bits per heavy atom.